The van der Waals surface area contributed by atoms with Crippen LogP contribution in [-0.2, 0) is 4.74 Å². The van der Waals surface area contributed by atoms with Gasteiger partial charge in [-0.2, -0.15) is 0 Å². The van der Waals surface area contributed by atoms with Gasteiger partial charge in [-0.05, 0) is 40.9 Å². The summed E-state index contributed by atoms with van der Waals surface area (Å²) in [5.41, 5.74) is 3.08. The highest BCUT2D eigenvalue weighted by molar-refractivity contribution is 9.10. The second-order valence-electron chi connectivity index (χ2n) is 4.77. The van der Waals surface area contributed by atoms with Crippen LogP contribution in [0.3, 0.4) is 0 Å². The van der Waals surface area contributed by atoms with Gasteiger partial charge in [-0.3, -0.25) is 9.97 Å². The summed E-state index contributed by atoms with van der Waals surface area (Å²) in [4.78, 5) is 11.3. The van der Waals surface area contributed by atoms with E-state index in [0.717, 1.165) is 41.4 Å². The summed E-state index contributed by atoms with van der Waals surface area (Å²) in [7, 11) is 1.79. The fourth-order valence-corrected chi connectivity index (χ4v) is 2.90. The van der Waals surface area contributed by atoms with Crippen molar-refractivity contribution in [1.82, 2.24) is 9.97 Å². The van der Waals surface area contributed by atoms with Crippen LogP contribution in [0.2, 0.25) is 0 Å². The molecule has 0 amide bonds. The first-order chi connectivity index (χ1) is 9.28. The van der Waals surface area contributed by atoms with Crippen LogP contribution in [0.15, 0.2) is 29.0 Å². The van der Waals surface area contributed by atoms with Gasteiger partial charge in [-0.1, -0.05) is 0 Å². The number of halogens is 1. The molecule has 0 aliphatic carbocycles. The number of hydrogen-bond donors (Lipinski definition) is 0. The van der Waals surface area contributed by atoms with Crippen molar-refractivity contribution in [1.29, 1.82) is 0 Å². The number of ether oxygens (including phenoxy) is 1. The Balaban J connectivity index is 1.93. The number of fused-ring (bicyclic) bond motifs is 1. The van der Waals surface area contributed by atoms with E-state index in [4.69, 9.17) is 4.74 Å². The maximum atomic E-state index is 5.42. The molecule has 0 atom stereocenters. The molecule has 100 valence electrons. The van der Waals surface area contributed by atoms with E-state index in [9.17, 15) is 0 Å². The van der Waals surface area contributed by atoms with Gasteiger partial charge < -0.3 is 9.64 Å². The van der Waals surface area contributed by atoms with E-state index in [2.05, 4.69) is 36.9 Å². The average Bonchev–Trinajstić information content (AvgIpc) is 2.46. The molecule has 0 radical (unpaired) electrons. The first kappa shape index (κ1) is 12.8. The standard InChI is InChI=1S/C14H16BrN3O/c1-19-11-3-6-18(7-4-11)13-2-5-16-12-8-10(15)9-17-14(12)13/h2,5,8-9,11H,3-4,6-7H2,1H3. The molecule has 0 aromatic carbocycles. The molecule has 0 saturated carbocycles. The van der Waals surface area contributed by atoms with Gasteiger partial charge in [0, 0.05) is 37.1 Å². The summed E-state index contributed by atoms with van der Waals surface area (Å²) in [6.45, 7) is 2.02. The van der Waals surface area contributed by atoms with Crippen LogP contribution in [0.25, 0.3) is 11.0 Å². The van der Waals surface area contributed by atoms with Crippen molar-refractivity contribution in [3.63, 3.8) is 0 Å². The molecule has 4 nitrogen and oxygen atoms in total. The Morgan fingerprint density at radius 3 is 2.84 bits per heavy atom. The van der Waals surface area contributed by atoms with Crippen LogP contribution >= 0.6 is 15.9 Å². The Bertz CT molecular complexity index is 582. The van der Waals surface area contributed by atoms with E-state index in [1.54, 1.807) is 7.11 Å². The number of nitrogens with zero attached hydrogens (tertiary/aromatic N) is 3. The first-order valence-electron chi connectivity index (χ1n) is 6.46. The van der Waals surface area contributed by atoms with Crippen LogP contribution in [-0.4, -0.2) is 36.3 Å². The molecule has 1 saturated heterocycles. The zero-order valence-electron chi connectivity index (χ0n) is 10.8. The highest BCUT2D eigenvalue weighted by Gasteiger charge is 2.20. The van der Waals surface area contributed by atoms with Crippen molar-refractivity contribution < 1.29 is 4.74 Å². The minimum absolute atomic E-state index is 0.395. The number of pyridine rings is 2. The number of anilines is 1. The molecule has 0 spiro atoms. The lowest BCUT2D eigenvalue weighted by molar-refractivity contribution is 0.0819. The molecule has 2 aromatic rings. The second kappa shape index (κ2) is 5.43. The number of rotatable bonds is 2. The van der Waals surface area contributed by atoms with Gasteiger partial charge >= 0.3 is 0 Å². The lowest BCUT2D eigenvalue weighted by Gasteiger charge is -2.33. The number of piperidine rings is 1. The fraction of sp³-hybridized carbons (Fsp3) is 0.429. The van der Waals surface area contributed by atoms with Gasteiger partial charge in [-0.15, -0.1) is 0 Å². The maximum Gasteiger partial charge on any atom is 0.112 e. The summed E-state index contributed by atoms with van der Waals surface area (Å²) >= 11 is 3.44. The van der Waals surface area contributed by atoms with Crippen LogP contribution in [0.5, 0.6) is 0 Å². The quantitative estimate of drug-likeness (QED) is 0.852. The first-order valence-corrected chi connectivity index (χ1v) is 7.25. The van der Waals surface area contributed by atoms with Gasteiger partial charge in [0.2, 0.25) is 0 Å². The molecule has 19 heavy (non-hydrogen) atoms. The van der Waals surface area contributed by atoms with Crippen molar-refractivity contribution in [2.45, 2.75) is 18.9 Å². The lowest BCUT2D eigenvalue weighted by Crippen LogP contribution is -2.36. The molecule has 5 heteroatoms. The zero-order valence-corrected chi connectivity index (χ0v) is 12.4. The van der Waals surface area contributed by atoms with Crippen molar-refractivity contribution in [2.75, 3.05) is 25.1 Å². The predicted molar refractivity (Wildman–Crippen MR) is 79.5 cm³/mol. The van der Waals surface area contributed by atoms with Crippen molar-refractivity contribution in [3.8, 4) is 0 Å². The smallest absolute Gasteiger partial charge is 0.112 e. The number of hydrogen-bond acceptors (Lipinski definition) is 4. The summed E-state index contributed by atoms with van der Waals surface area (Å²) in [5.74, 6) is 0. The highest BCUT2D eigenvalue weighted by Crippen LogP contribution is 2.28. The zero-order chi connectivity index (χ0) is 13.2. The van der Waals surface area contributed by atoms with Gasteiger partial charge in [0.1, 0.15) is 5.52 Å². The molecular weight excluding hydrogens is 306 g/mol. The fourth-order valence-electron chi connectivity index (χ4n) is 2.58. The molecule has 0 bridgehead atoms. The van der Waals surface area contributed by atoms with Gasteiger partial charge in [0.25, 0.3) is 0 Å². The molecule has 1 aliphatic heterocycles. The molecule has 3 heterocycles. The molecule has 2 aromatic heterocycles. The summed E-state index contributed by atoms with van der Waals surface area (Å²) in [6, 6.07) is 4.06. The minimum atomic E-state index is 0.395. The van der Waals surface area contributed by atoms with Crippen LogP contribution in [0.4, 0.5) is 5.69 Å². The van der Waals surface area contributed by atoms with E-state index in [0.29, 0.717) is 6.10 Å². The van der Waals surface area contributed by atoms with Gasteiger partial charge in [0.15, 0.2) is 0 Å². The van der Waals surface area contributed by atoms with Crippen molar-refractivity contribution in [2.24, 2.45) is 0 Å². The molecule has 3 rings (SSSR count). The third kappa shape index (κ3) is 2.58. The van der Waals surface area contributed by atoms with E-state index in [1.165, 1.54) is 5.69 Å². The van der Waals surface area contributed by atoms with Gasteiger partial charge in [0.05, 0.1) is 17.3 Å². The third-order valence-electron chi connectivity index (χ3n) is 3.64. The topological polar surface area (TPSA) is 38.2 Å². The van der Waals surface area contributed by atoms with Gasteiger partial charge in [-0.25, -0.2) is 0 Å². The molecule has 1 fully saturated rings. The van der Waals surface area contributed by atoms with Crippen molar-refractivity contribution in [3.05, 3.63) is 29.0 Å². The molecular formula is C14H16BrN3O. The molecule has 1 aliphatic rings. The number of methoxy groups -OCH3 is 1. The maximum absolute atomic E-state index is 5.42. The summed E-state index contributed by atoms with van der Waals surface area (Å²) < 4.78 is 6.38. The third-order valence-corrected chi connectivity index (χ3v) is 4.07. The van der Waals surface area contributed by atoms with Crippen LogP contribution in [0.1, 0.15) is 12.8 Å². The normalized spacial score (nSPS) is 17.1. The van der Waals surface area contributed by atoms with E-state index in [1.807, 2.05) is 18.5 Å². The monoisotopic (exact) mass is 321 g/mol. The molecule has 0 N–H and O–H groups in total. The van der Waals surface area contributed by atoms with E-state index in [-0.39, 0.29) is 0 Å². The summed E-state index contributed by atoms with van der Waals surface area (Å²) in [5, 5.41) is 0. The highest BCUT2D eigenvalue weighted by atomic mass is 79.9. The number of aromatic nitrogens is 2. The van der Waals surface area contributed by atoms with Crippen molar-refractivity contribution >= 4 is 32.7 Å². The Hall–Kier alpha value is -1.20. The van der Waals surface area contributed by atoms with E-state index < -0.39 is 0 Å². The Kier molecular flexibility index (Phi) is 3.66. The van der Waals surface area contributed by atoms with Crippen LogP contribution in [0, 0.1) is 0 Å². The Morgan fingerprint density at radius 2 is 2.11 bits per heavy atom. The lowest BCUT2D eigenvalue weighted by atomic mass is 10.1. The Morgan fingerprint density at radius 1 is 1.32 bits per heavy atom. The SMILES string of the molecule is COC1CCN(c2ccnc3cc(Br)cnc23)CC1. The van der Waals surface area contributed by atoms with Crippen LogP contribution < -0.4 is 4.90 Å². The second-order valence-corrected chi connectivity index (χ2v) is 5.69. The average molecular weight is 322 g/mol. The summed E-state index contributed by atoms with van der Waals surface area (Å²) in [6.07, 6.45) is 6.21. The molecule has 0 unspecified atom stereocenters. The predicted octanol–water partition coefficient (Wildman–Crippen LogP) is 3.01. The minimum Gasteiger partial charge on any atom is -0.381 e. The van der Waals surface area contributed by atoms with E-state index >= 15 is 0 Å². The largest absolute Gasteiger partial charge is 0.381 e. The Labute approximate surface area is 120 Å².